The molecular formula is C24H22N2O5. The van der Waals surface area contributed by atoms with Gasteiger partial charge in [0.15, 0.2) is 5.78 Å². The van der Waals surface area contributed by atoms with Crippen molar-refractivity contribution >= 4 is 17.3 Å². The van der Waals surface area contributed by atoms with Gasteiger partial charge in [0.05, 0.1) is 23.8 Å². The van der Waals surface area contributed by atoms with Crippen molar-refractivity contribution in [3.63, 3.8) is 0 Å². The summed E-state index contributed by atoms with van der Waals surface area (Å²) < 4.78 is 5.57. The largest absolute Gasteiger partial charge is 0.491 e. The standard InChI is InChI=1S/C24H22N2O5/c1-24(2)18-7-14(31-11-13(28)10-27)4-6-16(18)22(29)21-15-5-3-12(9-25)20(23(26)30)17(15)8-19(21)24/h3-7,13,27-28H,8,10-11H2,1-2H3,(H2,26,30)/t13-/m1/s1. The van der Waals surface area contributed by atoms with E-state index in [1.807, 2.05) is 19.9 Å². The number of carbonyl (C=O) groups excluding carboxylic acids is 2. The SMILES string of the molecule is CC1(C)C2=C(C(=O)c3ccc(OC[C@H](O)CO)cc31)c1ccc(C#N)c(C(N)=O)c1C2. The van der Waals surface area contributed by atoms with Crippen LogP contribution in [0.25, 0.3) is 5.57 Å². The van der Waals surface area contributed by atoms with Crippen molar-refractivity contribution in [2.45, 2.75) is 31.8 Å². The molecule has 1 atom stereocenters. The summed E-state index contributed by atoms with van der Waals surface area (Å²) in [6.07, 6.45) is -0.642. The summed E-state index contributed by atoms with van der Waals surface area (Å²) in [4.78, 5) is 25.6. The average Bonchev–Trinajstić information content (AvgIpc) is 3.15. The number of aliphatic hydroxyl groups is 2. The first-order chi connectivity index (χ1) is 14.7. The van der Waals surface area contributed by atoms with Crippen LogP contribution in [-0.4, -0.2) is 41.2 Å². The summed E-state index contributed by atoms with van der Waals surface area (Å²) in [6.45, 7) is 3.53. The Morgan fingerprint density at radius 2 is 2.00 bits per heavy atom. The van der Waals surface area contributed by atoms with E-state index in [1.54, 1.807) is 24.3 Å². The van der Waals surface area contributed by atoms with Crippen LogP contribution in [-0.2, 0) is 11.8 Å². The van der Waals surface area contributed by atoms with Crippen LogP contribution in [0.5, 0.6) is 5.75 Å². The minimum atomic E-state index is -0.995. The second-order valence-corrected chi connectivity index (χ2v) is 8.33. The summed E-state index contributed by atoms with van der Waals surface area (Å²) in [5.74, 6) is -0.351. The van der Waals surface area contributed by atoms with E-state index in [2.05, 4.69) is 0 Å². The molecule has 0 radical (unpaired) electrons. The minimum Gasteiger partial charge on any atom is -0.491 e. The lowest BCUT2D eigenvalue weighted by Gasteiger charge is -2.34. The maximum absolute atomic E-state index is 13.5. The molecule has 0 heterocycles. The molecule has 7 heteroatoms. The molecule has 158 valence electrons. The summed E-state index contributed by atoms with van der Waals surface area (Å²) in [6, 6.07) is 10.4. The van der Waals surface area contributed by atoms with Crippen molar-refractivity contribution < 1.29 is 24.5 Å². The van der Waals surface area contributed by atoms with Gasteiger partial charge >= 0.3 is 0 Å². The van der Waals surface area contributed by atoms with E-state index in [4.69, 9.17) is 15.6 Å². The first-order valence-corrected chi connectivity index (χ1v) is 9.91. The van der Waals surface area contributed by atoms with Crippen LogP contribution < -0.4 is 10.5 Å². The number of benzene rings is 2. The van der Waals surface area contributed by atoms with Crippen LogP contribution in [0.1, 0.15) is 56.8 Å². The third-order valence-electron chi connectivity index (χ3n) is 6.15. The van der Waals surface area contributed by atoms with Crippen LogP contribution in [0.2, 0.25) is 0 Å². The number of rotatable bonds is 5. The smallest absolute Gasteiger partial charge is 0.250 e. The zero-order valence-electron chi connectivity index (χ0n) is 17.2. The number of hydrogen-bond donors (Lipinski definition) is 3. The van der Waals surface area contributed by atoms with E-state index in [1.165, 1.54) is 6.07 Å². The summed E-state index contributed by atoms with van der Waals surface area (Å²) >= 11 is 0. The Labute approximate surface area is 179 Å². The van der Waals surface area contributed by atoms with E-state index in [0.29, 0.717) is 34.4 Å². The van der Waals surface area contributed by atoms with E-state index in [9.17, 15) is 20.0 Å². The Bertz CT molecular complexity index is 1200. The number of primary amides is 1. The molecule has 0 unspecified atom stereocenters. The molecule has 2 aliphatic rings. The molecule has 7 nitrogen and oxygen atoms in total. The van der Waals surface area contributed by atoms with Gasteiger partial charge in [-0.15, -0.1) is 0 Å². The molecule has 0 aliphatic heterocycles. The maximum Gasteiger partial charge on any atom is 0.250 e. The highest BCUT2D eigenvalue weighted by Crippen LogP contribution is 2.51. The number of ether oxygens (including phenoxy) is 1. The number of ketones is 1. The van der Waals surface area contributed by atoms with Gasteiger partial charge in [-0.2, -0.15) is 5.26 Å². The molecule has 31 heavy (non-hydrogen) atoms. The number of nitriles is 1. The highest BCUT2D eigenvalue weighted by Gasteiger charge is 2.44. The van der Waals surface area contributed by atoms with Gasteiger partial charge in [-0.25, -0.2) is 0 Å². The molecule has 2 aromatic rings. The van der Waals surface area contributed by atoms with Crippen LogP contribution in [0, 0.1) is 11.3 Å². The Balaban J connectivity index is 1.81. The number of nitrogens with zero attached hydrogens (tertiary/aromatic N) is 1. The number of Topliss-reactive ketones (excluding diaryl/α,β-unsaturated/α-hetero) is 1. The van der Waals surface area contributed by atoms with Crippen molar-refractivity contribution in [3.8, 4) is 11.8 Å². The summed E-state index contributed by atoms with van der Waals surface area (Å²) in [7, 11) is 0. The predicted molar refractivity (Wildman–Crippen MR) is 113 cm³/mol. The monoisotopic (exact) mass is 418 g/mol. The van der Waals surface area contributed by atoms with Gasteiger partial charge in [0.1, 0.15) is 18.5 Å². The molecule has 0 bridgehead atoms. The second-order valence-electron chi connectivity index (χ2n) is 8.33. The van der Waals surface area contributed by atoms with Crippen molar-refractivity contribution in [2.24, 2.45) is 5.73 Å². The van der Waals surface area contributed by atoms with Crippen molar-refractivity contribution in [2.75, 3.05) is 13.2 Å². The second kappa shape index (κ2) is 7.34. The summed E-state index contributed by atoms with van der Waals surface area (Å²) in [5, 5.41) is 27.9. The van der Waals surface area contributed by atoms with Gasteiger partial charge in [-0.05, 0) is 52.9 Å². The van der Waals surface area contributed by atoms with Crippen molar-refractivity contribution in [1.29, 1.82) is 5.26 Å². The highest BCUT2D eigenvalue weighted by molar-refractivity contribution is 6.33. The number of carbonyl (C=O) groups is 2. The Morgan fingerprint density at radius 3 is 2.65 bits per heavy atom. The number of fused-ring (bicyclic) bond motifs is 3. The molecule has 1 amide bonds. The average molecular weight is 418 g/mol. The molecule has 0 saturated heterocycles. The molecule has 2 aliphatic carbocycles. The Kier molecular flexibility index (Phi) is 4.92. The van der Waals surface area contributed by atoms with Crippen molar-refractivity contribution in [1.82, 2.24) is 0 Å². The first kappa shape index (κ1) is 20.8. The summed E-state index contributed by atoms with van der Waals surface area (Å²) in [5.41, 5.74) is 9.42. The zero-order valence-corrected chi connectivity index (χ0v) is 17.2. The zero-order chi connectivity index (χ0) is 22.5. The number of amides is 1. The van der Waals surface area contributed by atoms with Crippen LogP contribution >= 0.6 is 0 Å². The fraction of sp³-hybridized carbons (Fsp3) is 0.292. The van der Waals surface area contributed by atoms with Gasteiger partial charge in [0.2, 0.25) is 5.91 Å². The predicted octanol–water partition coefficient (Wildman–Crippen LogP) is 1.87. The fourth-order valence-corrected chi connectivity index (χ4v) is 4.53. The van der Waals surface area contributed by atoms with Crippen LogP contribution in [0.15, 0.2) is 35.9 Å². The third kappa shape index (κ3) is 3.12. The van der Waals surface area contributed by atoms with Crippen LogP contribution in [0.4, 0.5) is 0 Å². The van der Waals surface area contributed by atoms with E-state index in [-0.39, 0.29) is 23.5 Å². The normalized spacial score (nSPS) is 16.8. The molecular weight excluding hydrogens is 396 g/mol. The molecule has 0 saturated carbocycles. The van der Waals surface area contributed by atoms with Gasteiger partial charge in [-0.3, -0.25) is 9.59 Å². The molecule has 0 fully saturated rings. The molecule has 4 rings (SSSR count). The van der Waals surface area contributed by atoms with E-state index < -0.39 is 24.0 Å². The Morgan fingerprint density at radius 1 is 1.29 bits per heavy atom. The Hall–Kier alpha value is -3.47. The molecule has 0 aromatic heterocycles. The molecule has 2 aromatic carbocycles. The lowest BCUT2D eigenvalue weighted by Crippen LogP contribution is -2.30. The fourth-order valence-electron chi connectivity index (χ4n) is 4.53. The topological polar surface area (TPSA) is 134 Å². The van der Waals surface area contributed by atoms with Gasteiger partial charge in [0.25, 0.3) is 0 Å². The first-order valence-electron chi connectivity index (χ1n) is 9.91. The lowest BCUT2D eigenvalue weighted by atomic mass is 9.68. The van der Waals surface area contributed by atoms with Gasteiger partial charge in [0, 0.05) is 16.6 Å². The van der Waals surface area contributed by atoms with Gasteiger partial charge < -0.3 is 20.7 Å². The molecule has 0 spiro atoms. The maximum atomic E-state index is 13.5. The van der Waals surface area contributed by atoms with E-state index in [0.717, 1.165) is 11.1 Å². The number of allylic oxidation sites excluding steroid dienone is 2. The highest BCUT2D eigenvalue weighted by atomic mass is 16.5. The quantitative estimate of drug-likeness (QED) is 0.679. The third-order valence-corrected chi connectivity index (χ3v) is 6.15. The minimum absolute atomic E-state index is 0.0675. The van der Waals surface area contributed by atoms with Crippen molar-refractivity contribution in [3.05, 3.63) is 69.3 Å². The number of hydrogen-bond acceptors (Lipinski definition) is 6. The van der Waals surface area contributed by atoms with Crippen LogP contribution in [0.3, 0.4) is 0 Å². The number of nitrogens with two attached hydrogens (primary N) is 1. The molecule has 4 N–H and O–H groups in total. The lowest BCUT2D eigenvalue weighted by molar-refractivity contribution is 0.0535. The van der Waals surface area contributed by atoms with Gasteiger partial charge in [-0.1, -0.05) is 19.9 Å². The van der Waals surface area contributed by atoms with E-state index >= 15 is 0 Å². The number of aliphatic hydroxyl groups excluding tert-OH is 2.